The first-order chi connectivity index (χ1) is 6.86. The summed E-state index contributed by atoms with van der Waals surface area (Å²) in [7, 11) is 0. The summed E-state index contributed by atoms with van der Waals surface area (Å²) in [6.07, 6.45) is 2.61. The lowest BCUT2D eigenvalue weighted by atomic mass is 10.2. The van der Waals surface area contributed by atoms with Crippen molar-refractivity contribution < 1.29 is 0 Å². The standard InChI is InChI=1S/C12H17NS.ClH/c1-10-4-2-3-5-12(10)14-11-6-8-13-9-7-11;/h2-5,11,13H,6-9H2,1H3;1H. The first kappa shape index (κ1) is 12.9. The summed E-state index contributed by atoms with van der Waals surface area (Å²) in [6.45, 7) is 4.57. The smallest absolute Gasteiger partial charge is 0.0119 e. The van der Waals surface area contributed by atoms with Gasteiger partial charge in [-0.1, -0.05) is 18.2 Å². The molecule has 1 aromatic rings. The van der Waals surface area contributed by atoms with Crippen LogP contribution in [0, 0.1) is 6.92 Å². The highest BCUT2D eigenvalue weighted by atomic mass is 35.5. The van der Waals surface area contributed by atoms with E-state index in [1.54, 1.807) is 0 Å². The number of benzene rings is 1. The largest absolute Gasteiger partial charge is 0.317 e. The molecule has 0 amide bonds. The number of nitrogens with one attached hydrogen (secondary N) is 1. The van der Waals surface area contributed by atoms with E-state index in [0.29, 0.717) is 0 Å². The van der Waals surface area contributed by atoms with Crippen LogP contribution in [0.15, 0.2) is 29.2 Å². The average Bonchev–Trinajstić information content (AvgIpc) is 2.23. The summed E-state index contributed by atoms with van der Waals surface area (Å²) >= 11 is 2.05. The Hall–Kier alpha value is -0.180. The van der Waals surface area contributed by atoms with E-state index in [0.717, 1.165) is 5.25 Å². The third kappa shape index (κ3) is 3.71. The molecule has 1 aromatic carbocycles. The number of rotatable bonds is 2. The van der Waals surface area contributed by atoms with Crippen LogP contribution < -0.4 is 5.32 Å². The van der Waals surface area contributed by atoms with Gasteiger partial charge in [0.2, 0.25) is 0 Å². The Morgan fingerprint density at radius 1 is 1.20 bits per heavy atom. The van der Waals surface area contributed by atoms with Gasteiger partial charge in [-0.2, -0.15) is 0 Å². The second kappa shape index (κ2) is 6.41. The fraction of sp³-hybridized carbons (Fsp3) is 0.500. The maximum atomic E-state index is 3.40. The zero-order chi connectivity index (χ0) is 9.80. The zero-order valence-corrected chi connectivity index (χ0v) is 10.7. The highest BCUT2D eigenvalue weighted by Gasteiger charge is 2.14. The monoisotopic (exact) mass is 243 g/mol. The predicted molar refractivity (Wildman–Crippen MR) is 70.2 cm³/mol. The van der Waals surface area contributed by atoms with E-state index in [2.05, 4.69) is 48.3 Å². The number of piperidine rings is 1. The van der Waals surface area contributed by atoms with Crippen molar-refractivity contribution in [3.05, 3.63) is 29.8 Å². The van der Waals surface area contributed by atoms with E-state index in [-0.39, 0.29) is 12.4 Å². The minimum atomic E-state index is 0. The van der Waals surface area contributed by atoms with E-state index >= 15 is 0 Å². The molecule has 0 aliphatic carbocycles. The summed E-state index contributed by atoms with van der Waals surface area (Å²) in [5, 5.41) is 4.22. The van der Waals surface area contributed by atoms with Crippen LogP contribution >= 0.6 is 24.2 Å². The highest BCUT2D eigenvalue weighted by molar-refractivity contribution is 8.00. The number of hydrogen-bond donors (Lipinski definition) is 1. The van der Waals surface area contributed by atoms with Gasteiger partial charge in [0.05, 0.1) is 0 Å². The molecule has 1 aliphatic heterocycles. The second-order valence-electron chi connectivity index (χ2n) is 3.83. The van der Waals surface area contributed by atoms with E-state index < -0.39 is 0 Å². The molecule has 1 N–H and O–H groups in total. The number of aryl methyl sites for hydroxylation is 1. The van der Waals surface area contributed by atoms with Crippen molar-refractivity contribution in [3.8, 4) is 0 Å². The number of thioether (sulfide) groups is 1. The predicted octanol–water partition coefficient (Wildman–Crippen LogP) is 3.26. The van der Waals surface area contributed by atoms with Gasteiger partial charge >= 0.3 is 0 Å². The molecule has 15 heavy (non-hydrogen) atoms. The van der Waals surface area contributed by atoms with E-state index in [9.17, 15) is 0 Å². The quantitative estimate of drug-likeness (QED) is 0.856. The van der Waals surface area contributed by atoms with E-state index in [1.165, 1.54) is 36.4 Å². The molecular formula is C12H18ClNS. The van der Waals surface area contributed by atoms with Crippen molar-refractivity contribution in [1.29, 1.82) is 0 Å². The van der Waals surface area contributed by atoms with Gasteiger partial charge in [-0.15, -0.1) is 24.2 Å². The van der Waals surface area contributed by atoms with E-state index in [1.807, 2.05) is 0 Å². The van der Waals surface area contributed by atoms with Gasteiger partial charge in [0.1, 0.15) is 0 Å². The summed E-state index contributed by atoms with van der Waals surface area (Å²) in [4.78, 5) is 1.46. The molecule has 1 aliphatic rings. The number of halogens is 1. The molecule has 0 radical (unpaired) electrons. The Morgan fingerprint density at radius 2 is 1.87 bits per heavy atom. The van der Waals surface area contributed by atoms with Crippen molar-refractivity contribution in [1.82, 2.24) is 5.32 Å². The molecule has 0 saturated carbocycles. The Bertz CT molecular complexity index is 297. The van der Waals surface area contributed by atoms with Crippen LogP contribution in [0.25, 0.3) is 0 Å². The van der Waals surface area contributed by atoms with Crippen molar-refractivity contribution in [2.75, 3.05) is 13.1 Å². The minimum Gasteiger partial charge on any atom is -0.317 e. The average molecular weight is 244 g/mol. The Balaban J connectivity index is 0.00000112. The van der Waals surface area contributed by atoms with Gasteiger partial charge in [0.15, 0.2) is 0 Å². The first-order valence-corrected chi connectivity index (χ1v) is 6.17. The molecule has 0 aromatic heterocycles. The van der Waals surface area contributed by atoms with Crippen LogP contribution in [0.1, 0.15) is 18.4 Å². The fourth-order valence-electron chi connectivity index (χ4n) is 1.78. The Morgan fingerprint density at radius 3 is 2.53 bits per heavy atom. The molecule has 0 atom stereocenters. The molecule has 2 rings (SSSR count). The van der Waals surface area contributed by atoms with Crippen LogP contribution in [0.2, 0.25) is 0 Å². The fourth-order valence-corrected chi connectivity index (χ4v) is 3.02. The Kier molecular flexibility index (Phi) is 5.51. The molecule has 84 valence electrons. The molecule has 1 heterocycles. The molecule has 1 nitrogen and oxygen atoms in total. The summed E-state index contributed by atoms with van der Waals surface area (Å²) in [5.41, 5.74) is 1.41. The summed E-state index contributed by atoms with van der Waals surface area (Å²) in [6, 6.07) is 8.68. The molecule has 1 fully saturated rings. The lowest BCUT2D eigenvalue weighted by molar-refractivity contribution is 0.531. The molecule has 1 saturated heterocycles. The van der Waals surface area contributed by atoms with Crippen LogP contribution in [0.3, 0.4) is 0 Å². The van der Waals surface area contributed by atoms with Crippen LogP contribution in [0.5, 0.6) is 0 Å². The maximum absolute atomic E-state index is 3.40. The molecular weight excluding hydrogens is 226 g/mol. The van der Waals surface area contributed by atoms with Gasteiger partial charge in [0, 0.05) is 10.1 Å². The lowest BCUT2D eigenvalue weighted by Crippen LogP contribution is -2.29. The third-order valence-corrected chi connectivity index (χ3v) is 4.19. The molecule has 0 spiro atoms. The van der Waals surface area contributed by atoms with Crippen molar-refractivity contribution in [2.45, 2.75) is 29.9 Å². The zero-order valence-electron chi connectivity index (χ0n) is 9.03. The first-order valence-electron chi connectivity index (χ1n) is 5.29. The normalized spacial score (nSPS) is 17.1. The second-order valence-corrected chi connectivity index (χ2v) is 5.17. The van der Waals surface area contributed by atoms with Crippen LogP contribution in [0.4, 0.5) is 0 Å². The molecule has 3 heteroatoms. The van der Waals surface area contributed by atoms with Crippen molar-refractivity contribution in [2.24, 2.45) is 0 Å². The summed E-state index contributed by atoms with van der Waals surface area (Å²) in [5.74, 6) is 0. The third-order valence-electron chi connectivity index (χ3n) is 2.67. The van der Waals surface area contributed by atoms with Gasteiger partial charge in [0.25, 0.3) is 0 Å². The van der Waals surface area contributed by atoms with Gasteiger partial charge in [-0.05, 0) is 44.5 Å². The maximum Gasteiger partial charge on any atom is 0.0119 e. The highest BCUT2D eigenvalue weighted by Crippen LogP contribution is 2.30. The molecule has 0 unspecified atom stereocenters. The van der Waals surface area contributed by atoms with Crippen LogP contribution in [-0.4, -0.2) is 18.3 Å². The SMILES string of the molecule is Cc1ccccc1SC1CCNCC1.Cl. The van der Waals surface area contributed by atoms with E-state index in [4.69, 9.17) is 0 Å². The van der Waals surface area contributed by atoms with Crippen LogP contribution in [-0.2, 0) is 0 Å². The lowest BCUT2D eigenvalue weighted by Gasteiger charge is -2.22. The van der Waals surface area contributed by atoms with Gasteiger partial charge < -0.3 is 5.32 Å². The Labute approximate surface area is 102 Å². The summed E-state index contributed by atoms with van der Waals surface area (Å²) < 4.78 is 0. The van der Waals surface area contributed by atoms with Gasteiger partial charge in [-0.3, -0.25) is 0 Å². The number of hydrogen-bond acceptors (Lipinski definition) is 2. The van der Waals surface area contributed by atoms with Crippen molar-refractivity contribution in [3.63, 3.8) is 0 Å². The molecule has 0 bridgehead atoms. The topological polar surface area (TPSA) is 12.0 Å². The minimum absolute atomic E-state index is 0. The van der Waals surface area contributed by atoms with Crippen molar-refractivity contribution >= 4 is 24.2 Å². The van der Waals surface area contributed by atoms with Gasteiger partial charge in [-0.25, -0.2) is 0 Å².